The van der Waals surface area contributed by atoms with Crippen molar-refractivity contribution in [3.05, 3.63) is 11.6 Å². The standard InChI is InChI=1S/C9H16O/c1-8(2)5-4-6-9(3)7-10-9/h5H,4,6-7H2,1-3H3/t9-/m1/s1. The number of rotatable bonds is 3. The molecule has 1 atom stereocenters. The molecule has 10 heavy (non-hydrogen) atoms. The Morgan fingerprint density at radius 1 is 1.60 bits per heavy atom. The lowest BCUT2D eigenvalue weighted by Gasteiger charge is -2.00. The number of epoxide rings is 1. The van der Waals surface area contributed by atoms with Crippen LogP contribution in [0, 0.1) is 0 Å². The maximum atomic E-state index is 5.25. The minimum atomic E-state index is 0.242. The largest absolute Gasteiger partial charge is 0.370 e. The van der Waals surface area contributed by atoms with Crippen molar-refractivity contribution < 1.29 is 4.74 Å². The molecule has 1 rings (SSSR count). The van der Waals surface area contributed by atoms with Crippen LogP contribution in [0.25, 0.3) is 0 Å². The van der Waals surface area contributed by atoms with Crippen LogP contribution in [0.1, 0.15) is 33.6 Å². The van der Waals surface area contributed by atoms with E-state index in [9.17, 15) is 0 Å². The molecule has 1 heterocycles. The Kier molecular flexibility index (Phi) is 2.14. The Morgan fingerprint density at radius 3 is 2.60 bits per heavy atom. The highest BCUT2D eigenvalue weighted by Crippen LogP contribution is 2.31. The molecular weight excluding hydrogens is 124 g/mol. The van der Waals surface area contributed by atoms with Crippen LogP contribution in [0.3, 0.4) is 0 Å². The first-order valence-corrected chi connectivity index (χ1v) is 3.90. The van der Waals surface area contributed by atoms with Gasteiger partial charge in [0.25, 0.3) is 0 Å². The molecule has 1 saturated heterocycles. The third-order valence-corrected chi connectivity index (χ3v) is 1.86. The highest BCUT2D eigenvalue weighted by molar-refractivity contribution is 4.96. The van der Waals surface area contributed by atoms with Gasteiger partial charge in [-0.3, -0.25) is 0 Å². The monoisotopic (exact) mass is 140 g/mol. The van der Waals surface area contributed by atoms with Crippen molar-refractivity contribution in [3.63, 3.8) is 0 Å². The van der Waals surface area contributed by atoms with Crippen LogP contribution in [-0.2, 0) is 4.74 Å². The quantitative estimate of drug-likeness (QED) is 0.433. The summed E-state index contributed by atoms with van der Waals surface area (Å²) in [5, 5.41) is 0. The average molecular weight is 140 g/mol. The van der Waals surface area contributed by atoms with E-state index in [1.54, 1.807) is 0 Å². The fraction of sp³-hybridized carbons (Fsp3) is 0.778. The highest BCUT2D eigenvalue weighted by Gasteiger charge is 2.37. The van der Waals surface area contributed by atoms with E-state index in [1.165, 1.54) is 18.4 Å². The molecule has 0 saturated carbocycles. The Balaban J connectivity index is 2.11. The van der Waals surface area contributed by atoms with Gasteiger partial charge in [0.1, 0.15) is 0 Å². The Labute approximate surface area is 63.1 Å². The summed E-state index contributed by atoms with van der Waals surface area (Å²) in [6, 6.07) is 0. The van der Waals surface area contributed by atoms with E-state index in [0.29, 0.717) is 0 Å². The lowest BCUT2D eigenvalue weighted by Crippen LogP contribution is -2.01. The summed E-state index contributed by atoms with van der Waals surface area (Å²) in [5.41, 5.74) is 1.65. The molecule has 0 aromatic heterocycles. The van der Waals surface area contributed by atoms with E-state index < -0.39 is 0 Å². The summed E-state index contributed by atoms with van der Waals surface area (Å²) in [5.74, 6) is 0. The summed E-state index contributed by atoms with van der Waals surface area (Å²) in [6.45, 7) is 7.40. The predicted molar refractivity (Wildman–Crippen MR) is 43.0 cm³/mol. The number of ether oxygens (including phenoxy) is 1. The maximum absolute atomic E-state index is 5.25. The molecule has 0 spiro atoms. The predicted octanol–water partition coefficient (Wildman–Crippen LogP) is 2.52. The van der Waals surface area contributed by atoms with Gasteiger partial charge in [-0.05, 0) is 33.6 Å². The molecule has 1 fully saturated rings. The third-order valence-electron chi connectivity index (χ3n) is 1.86. The molecule has 0 aromatic rings. The molecular formula is C9H16O. The molecule has 0 aromatic carbocycles. The van der Waals surface area contributed by atoms with Gasteiger partial charge in [-0.25, -0.2) is 0 Å². The summed E-state index contributed by atoms with van der Waals surface area (Å²) in [7, 11) is 0. The van der Waals surface area contributed by atoms with E-state index >= 15 is 0 Å². The first-order chi connectivity index (χ1) is 4.62. The topological polar surface area (TPSA) is 12.5 Å². The molecule has 0 radical (unpaired) electrons. The second kappa shape index (κ2) is 2.75. The summed E-state index contributed by atoms with van der Waals surface area (Å²) in [6.07, 6.45) is 4.62. The van der Waals surface area contributed by atoms with Crippen molar-refractivity contribution in [2.24, 2.45) is 0 Å². The van der Waals surface area contributed by atoms with E-state index in [4.69, 9.17) is 4.74 Å². The highest BCUT2D eigenvalue weighted by atomic mass is 16.6. The van der Waals surface area contributed by atoms with Crippen LogP contribution in [0.15, 0.2) is 11.6 Å². The van der Waals surface area contributed by atoms with Gasteiger partial charge in [-0.2, -0.15) is 0 Å². The second-order valence-electron chi connectivity index (χ2n) is 3.56. The molecule has 0 aliphatic carbocycles. The number of hydrogen-bond acceptors (Lipinski definition) is 1. The van der Waals surface area contributed by atoms with Gasteiger partial charge < -0.3 is 4.74 Å². The van der Waals surface area contributed by atoms with Crippen LogP contribution in [0.2, 0.25) is 0 Å². The fourth-order valence-corrected chi connectivity index (χ4v) is 0.934. The molecule has 58 valence electrons. The zero-order valence-corrected chi connectivity index (χ0v) is 7.11. The van der Waals surface area contributed by atoms with E-state index in [0.717, 1.165) is 6.61 Å². The molecule has 1 nitrogen and oxygen atoms in total. The van der Waals surface area contributed by atoms with Gasteiger partial charge in [-0.15, -0.1) is 0 Å². The fourth-order valence-electron chi connectivity index (χ4n) is 0.934. The van der Waals surface area contributed by atoms with Crippen LogP contribution in [-0.4, -0.2) is 12.2 Å². The van der Waals surface area contributed by atoms with Gasteiger partial charge >= 0.3 is 0 Å². The van der Waals surface area contributed by atoms with E-state index in [-0.39, 0.29) is 5.60 Å². The molecule has 0 N–H and O–H groups in total. The van der Waals surface area contributed by atoms with Crippen molar-refractivity contribution in [1.82, 2.24) is 0 Å². The first kappa shape index (κ1) is 7.80. The number of allylic oxidation sites excluding steroid dienone is 2. The molecule has 0 unspecified atom stereocenters. The lowest BCUT2D eigenvalue weighted by molar-refractivity contribution is 0.310. The Bertz CT molecular complexity index is 139. The lowest BCUT2D eigenvalue weighted by atomic mass is 10.1. The van der Waals surface area contributed by atoms with Crippen LogP contribution in [0.5, 0.6) is 0 Å². The van der Waals surface area contributed by atoms with Gasteiger partial charge in [0.15, 0.2) is 0 Å². The minimum absolute atomic E-state index is 0.242. The summed E-state index contributed by atoms with van der Waals surface area (Å²) < 4.78 is 5.25. The Morgan fingerprint density at radius 2 is 2.20 bits per heavy atom. The van der Waals surface area contributed by atoms with Crippen molar-refractivity contribution in [2.45, 2.75) is 39.2 Å². The van der Waals surface area contributed by atoms with Crippen molar-refractivity contribution >= 4 is 0 Å². The zero-order valence-electron chi connectivity index (χ0n) is 7.11. The third kappa shape index (κ3) is 2.53. The van der Waals surface area contributed by atoms with E-state index in [1.807, 2.05) is 0 Å². The minimum Gasteiger partial charge on any atom is -0.370 e. The first-order valence-electron chi connectivity index (χ1n) is 3.90. The molecule has 0 amide bonds. The molecule has 1 heteroatoms. The maximum Gasteiger partial charge on any atom is 0.0891 e. The SMILES string of the molecule is CC(C)=CCC[C@]1(C)CO1. The van der Waals surface area contributed by atoms with Crippen LogP contribution in [0.4, 0.5) is 0 Å². The van der Waals surface area contributed by atoms with Crippen molar-refractivity contribution in [1.29, 1.82) is 0 Å². The van der Waals surface area contributed by atoms with Crippen molar-refractivity contribution in [3.8, 4) is 0 Å². The van der Waals surface area contributed by atoms with Gasteiger partial charge in [0, 0.05) is 0 Å². The van der Waals surface area contributed by atoms with Gasteiger partial charge in [0.05, 0.1) is 12.2 Å². The average Bonchev–Trinajstić information content (AvgIpc) is 2.47. The molecule has 1 aliphatic heterocycles. The normalized spacial score (nSPS) is 29.9. The molecule has 0 bridgehead atoms. The van der Waals surface area contributed by atoms with Crippen LogP contribution >= 0.6 is 0 Å². The summed E-state index contributed by atoms with van der Waals surface area (Å²) in [4.78, 5) is 0. The smallest absolute Gasteiger partial charge is 0.0891 e. The Hall–Kier alpha value is -0.300. The number of hydrogen-bond donors (Lipinski definition) is 0. The van der Waals surface area contributed by atoms with Crippen molar-refractivity contribution in [2.75, 3.05) is 6.61 Å². The van der Waals surface area contributed by atoms with Gasteiger partial charge in [-0.1, -0.05) is 11.6 Å². The second-order valence-corrected chi connectivity index (χ2v) is 3.56. The van der Waals surface area contributed by atoms with Crippen LogP contribution < -0.4 is 0 Å². The zero-order chi connectivity index (χ0) is 7.61. The van der Waals surface area contributed by atoms with E-state index in [2.05, 4.69) is 26.8 Å². The summed E-state index contributed by atoms with van der Waals surface area (Å²) >= 11 is 0. The molecule has 1 aliphatic rings. The van der Waals surface area contributed by atoms with Gasteiger partial charge in [0.2, 0.25) is 0 Å².